The minimum Gasteiger partial charge on any atom is -0.497 e. The van der Waals surface area contributed by atoms with E-state index in [-0.39, 0.29) is 16.7 Å². The van der Waals surface area contributed by atoms with Gasteiger partial charge in [0.2, 0.25) is 5.78 Å². The third-order valence-corrected chi connectivity index (χ3v) is 8.98. The zero-order valence-electron chi connectivity index (χ0n) is 24.1. The zero-order valence-corrected chi connectivity index (χ0v) is 24.9. The van der Waals surface area contributed by atoms with Crippen LogP contribution in [0.25, 0.3) is 0 Å². The Balaban J connectivity index is 1.15. The van der Waals surface area contributed by atoms with Crippen molar-refractivity contribution in [2.24, 2.45) is 5.10 Å². The van der Waals surface area contributed by atoms with Gasteiger partial charge in [-0.05, 0) is 72.1 Å². The lowest BCUT2D eigenvalue weighted by Crippen LogP contribution is -2.45. The van der Waals surface area contributed by atoms with Crippen molar-refractivity contribution in [2.45, 2.75) is 36.6 Å². The fourth-order valence-electron chi connectivity index (χ4n) is 5.46. The molecule has 0 aliphatic carbocycles. The maximum absolute atomic E-state index is 13.6. The van der Waals surface area contributed by atoms with Gasteiger partial charge in [-0.15, -0.1) is 0 Å². The van der Waals surface area contributed by atoms with Crippen LogP contribution in [-0.4, -0.2) is 51.1 Å². The molecule has 0 radical (unpaired) electrons. The summed E-state index contributed by atoms with van der Waals surface area (Å²) in [5, 5.41) is 10.2. The predicted molar refractivity (Wildman–Crippen MR) is 165 cm³/mol. The van der Waals surface area contributed by atoms with E-state index in [0.29, 0.717) is 17.7 Å². The van der Waals surface area contributed by atoms with Gasteiger partial charge < -0.3 is 14.8 Å². The summed E-state index contributed by atoms with van der Waals surface area (Å²) < 4.78 is 35.2. The minimum absolute atomic E-state index is 0.150. The van der Waals surface area contributed by atoms with E-state index in [0.717, 1.165) is 48.4 Å². The van der Waals surface area contributed by atoms with E-state index in [2.05, 4.69) is 41.7 Å². The van der Waals surface area contributed by atoms with Crippen LogP contribution in [0.2, 0.25) is 0 Å². The highest BCUT2D eigenvalue weighted by molar-refractivity contribution is 7.90. The molecule has 0 aromatic heterocycles. The standard InChI is InChI=1S/C34H33N3O5S/c1-41-27-15-9-23(10-16-27)19-20-35-22-24-7-11-25(12-8-24)30-21-31-29-5-3-4-6-32(29)42-34(37(31)36-30)33(38)26-13-17-28(18-14-26)43(2,39)40/h3-18,31,34-35H,19-22H2,1-2H3. The predicted octanol–water partition coefficient (Wildman–Crippen LogP) is 5.18. The molecule has 9 heteroatoms. The van der Waals surface area contributed by atoms with E-state index in [4.69, 9.17) is 14.6 Å². The molecule has 0 bridgehead atoms. The van der Waals surface area contributed by atoms with E-state index >= 15 is 0 Å². The molecular weight excluding hydrogens is 562 g/mol. The van der Waals surface area contributed by atoms with Gasteiger partial charge in [0.1, 0.15) is 11.5 Å². The number of carbonyl (C=O) groups excluding carboxylic acids is 1. The lowest BCUT2D eigenvalue weighted by atomic mass is 9.95. The van der Waals surface area contributed by atoms with Crippen LogP contribution in [0.5, 0.6) is 11.5 Å². The van der Waals surface area contributed by atoms with Gasteiger partial charge >= 0.3 is 0 Å². The summed E-state index contributed by atoms with van der Waals surface area (Å²) in [6, 6.07) is 30.0. The number of fused-ring (bicyclic) bond motifs is 3. The van der Waals surface area contributed by atoms with Crippen LogP contribution in [0.1, 0.15) is 45.1 Å². The zero-order chi connectivity index (χ0) is 30.0. The first-order valence-electron chi connectivity index (χ1n) is 14.2. The Labute approximate surface area is 251 Å². The Morgan fingerprint density at radius 1 is 0.953 bits per heavy atom. The van der Waals surface area contributed by atoms with Crippen molar-refractivity contribution >= 4 is 21.3 Å². The number of hydrogen-bond acceptors (Lipinski definition) is 8. The number of nitrogens with one attached hydrogen (secondary N) is 1. The maximum Gasteiger partial charge on any atom is 0.251 e. The summed E-state index contributed by atoms with van der Waals surface area (Å²) >= 11 is 0. The third kappa shape index (κ3) is 6.18. The number of ether oxygens (including phenoxy) is 2. The second kappa shape index (κ2) is 12.0. The van der Waals surface area contributed by atoms with Crippen molar-refractivity contribution in [1.82, 2.24) is 10.3 Å². The number of rotatable bonds is 10. The second-order valence-corrected chi connectivity index (χ2v) is 12.8. The average molecular weight is 596 g/mol. The molecule has 0 saturated heterocycles. The number of hydrazone groups is 1. The molecule has 8 nitrogen and oxygen atoms in total. The van der Waals surface area contributed by atoms with E-state index < -0.39 is 16.1 Å². The van der Waals surface area contributed by atoms with Crippen molar-refractivity contribution in [3.63, 3.8) is 0 Å². The molecule has 4 aromatic rings. The van der Waals surface area contributed by atoms with Crippen molar-refractivity contribution in [3.8, 4) is 11.5 Å². The van der Waals surface area contributed by atoms with Gasteiger partial charge in [-0.3, -0.25) is 4.79 Å². The monoisotopic (exact) mass is 595 g/mol. The number of sulfone groups is 1. The van der Waals surface area contributed by atoms with Gasteiger partial charge in [0, 0.05) is 30.3 Å². The number of ketones is 1. The van der Waals surface area contributed by atoms with Gasteiger partial charge in [-0.1, -0.05) is 54.6 Å². The van der Waals surface area contributed by atoms with Crippen LogP contribution in [-0.2, 0) is 22.8 Å². The maximum atomic E-state index is 13.6. The number of carbonyl (C=O) groups is 1. The van der Waals surface area contributed by atoms with Crippen LogP contribution in [0.3, 0.4) is 0 Å². The van der Waals surface area contributed by atoms with Gasteiger partial charge in [0.25, 0.3) is 6.23 Å². The highest BCUT2D eigenvalue weighted by Crippen LogP contribution is 2.43. The molecule has 2 aliphatic rings. The molecule has 2 heterocycles. The normalized spacial score (nSPS) is 17.4. The second-order valence-electron chi connectivity index (χ2n) is 10.8. The number of methoxy groups -OCH3 is 1. The quantitative estimate of drug-likeness (QED) is 0.199. The summed E-state index contributed by atoms with van der Waals surface area (Å²) in [7, 11) is -1.70. The highest BCUT2D eigenvalue weighted by Gasteiger charge is 2.43. The molecule has 6 rings (SSSR count). The largest absolute Gasteiger partial charge is 0.497 e. The van der Waals surface area contributed by atoms with Crippen LogP contribution in [0, 0.1) is 0 Å². The lowest BCUT2D eigenvalue weighted by molar-refractivity contribution is -0.00456. The lowest BCUT2D eigenvalue weighted by Gasteiger charge is -2.37. The average Bonchev–Trinajstić information content (AvgIpc) is 3.49. The summed E-state index contributed by atoms with van der Waals surface area (Å²) in [4.78, 5) is 13.8. The molecular formula is C34H33N3O5S. The van der Waals surface area contributed by atoms with E-state index in [1.165, 1.54) is 35.4 Å². The summed E-state index contributed by atoms with van der Waals surface area (Å²) in [5.41, 5.74) is 5.66. The van der Waals surface area contributed by atoms with E-state index in [1.54, 1.807) is 12.1 Å². The molecule has 0 fully saturated rings. The molecule has 220 valence electrons. The summed E-state index contributed by atoms with van der Waals surface area (Å²) in [6.07, 6.45) is 1.75. The van der Waals surface area contributed by atoms with Crippen LogP contribution in [0.15, 0.2) is 107 Å². The molecule has 0 saturated carbocycles. The molecule has 1 N–H and O–H groups in total. The van der Waals surface area contributed by atoms with Crippen LogP contribution in [0.4, 0.5) is 0 Å². The smallest absolute Gasteiger partial charge is 0.251 e. The van der Waals surface area contributed by atoms with Crippen molar-refractivity contribution < 1.29 is 22.7 Å². The first kappa shape index (κ1) is 28.6. The molecule has 2 atom stereocenters. The third-order valence-electron chi connectivity index (χ3n) is 7.86. The van der Waals surface area contributed by atoms with E-state index in [9.17, 15) is 13.2 Å². The highest BCUT2D eigenvalue weighted by atomic mass is 32.2. The minimum atomic E-state index is -3.37. The Kier molecular flexibility index (Phi) is 8.01. The first-order chi connectivity index (χ1) is 20.8. The van der Waals surface area contributed by atoms with Crippen molar-refractivity contribution in [3.05, 3.63) is 125 Å². The Hall–Kier alpha value is -4.47. The van der Waals surface area contributed by atoms with Gasteiger partial charge in [-0.2, -0.15) is 5.10 Å². The SMILES string of the molecule is COc1ccc(CCNCc2ccc(C3=NN4C(C(=O)c5ccc(S(C)(=O)=O)cc5)Oc5ccccc5C4C3)cc2)cc1. The molecule has 43 heavy (non-hydrogen) atoms. The van der Waals surface area contributed by atoms with Gasteiger partial charge in [-0.25, -0.2) is 13.4 Å². The number of hydrogen-bond donors (Lipinski definition) is 1. The van der Waals surface area contributed by atoms with Crippen LogP contribution >= 0.6 is 0 Å². The number of Topliss-reactive ketones (excluding diaryl/α,β-unsaturated/α-hetero) is 1. The Morgan fingerprint density at radius 3 is 2.35 bits per heavy atom. The summed E-state index contributed by atoms with van der Waals surface area (Å²) in [6.45, 7) is 1.62. The Bertz CT molecular complexity index is 1750. The fraction of sp³-hybridized carbons (Fsp3) is 0.235. The van der Waals surface area contributed by atoms with Crippen molar-refractivity contribution in [2.75, 3.05) is 19.9 Å². The van der Waals surface area contributed by atoms with Gasteiger partial charge in [0.15, 0.2) is 9.84 Å². The van der Waals surface area contributed by atoms with E-state index in [1.807, 2.05) is 36.4 Å². The van der Waals surface area contributed by atoms with Crippen molar-refractivity contribution in [1.29, 1.82) is 0 Å². The van der Waals surface area contributed by atoms with Crippen LogP contribution < -0.4 is 14.8 Å². The number of para-hydroxylation sites is 1. The summed E-state index contributed by atoms with van der Waals surface area (Å²) in [5.74, 6) is 1.24. The molecule has 0 spiro atoms. The molecule has 0 amide bonds. The fourth-order valence-corrected chi connectivity index (χ4v) is 6.09. The topological polar surface area (TPSA) is 97.3 Å². The van der Waals surface area contributed by atoms with Gasteiger partial charge in [0.05, 0.1) is 23.8 Å². The molecule has 2 unspecified atom stereocenters. The molecule has 2 aliphatic heterocycles. The number of nitrogens with zero attached hydrogens (tertiary/aromatic N) is 2. The Morgan fingerprint density at radius 2 is 1.65 bits per heavy atom. The molecule has 4 aromatic carbocycles. The number of benzene rings is 4. The first-order valence-corrected chi connectivity index (χ1v) is 16.1.